The minimum absolute atomic E-state index is 0.177. The zero-order valence-corrected chi connectivity index (χ0v) is 22.9. The van der Waals surface area contributed by atoms with E-state index in [1.165, 1.54) is 11.8 Å². The predicted octanol–water partition coefficient (Wildman–Crippen LogP) is 8.53. The lowest BCUT2D eigenvalue weighted by atomic mass is 10.1. The summed E-state index contributed by atoms with van der Waals surface area (Å²) in [5, 5.41) is 3.05. The number of ether oxygens (including phenoxy) is 2. The fourth-order valence-corrected chi connectivity index (χ4v) is 5.73. The summed E-state index contributed by atoms with van der Waals surface area (Å²) < 4.78 is 12.3. The number of hydrogen-bond acceptors (Lipinski definition) is 5. The number of halogens is 2. The first-order chi connectivity index (χ1) is 17.9. The summed E-state index contributed by atoms with van der Waals surface area (Å²) in [4.78, 5) is 15.6. The lowest BCUT2D eigenvalue weighted by Gasteiger charge is -2.17. The summed E-state index contributed by atoms with van der Waals surface area (Å²) in [6, 6.07) is 24.8. The Labute approximate surface area is 234 Å². The number of nitrogens with zero attached hydrogens (tertiary/aromatic N) is 1. The SMILES string of the molecule is CCOc1cc(/C=C2\SC(=S)N(c3cccc4ccccc34)C2=O)cc(Cl)c1OCc1ccc(Cl)cc1. The monoisotopic (exact) mass is 565 g/mol. The number of hydrogen-bond donors (Lipinski definition) is 0. The van der Waals surface area contributed by atoms with Crippen LogP contribution in [-0.4, -0.2) is 16.8 Å². The molecule has 1 aliphatic heterocycles. The van der Waals surface area contributed by atoms with Crippen LogP contribution in [0.2, 0.25) is 10.0 Å². The molecular formula is C29H21Cl2NO3S2. The number of anilines is 1. The molecule has 37 heavy (non-hydrogen) atoms. The fraction of sp³-hybridized carbons (Fsp3) is 0.103. The Bertz CT molecular complexity index is 1530. The van der Waals surface area contributed by atoms with Crippen LogP contribution in [0.25, 0.3) is 16.8 Å². The number of amides is 1. The van der Waals surface area contributed by atoms with Gasteiger partial charge >= 0.3 is 0 Å². The summed E-state index contributed by atoms with van der Waals surface area (Å²) in [6.07, 6.45) is 1.78. The number of rotatable bonds is 7. The van der Waals surface area contributed by atoms with Gasteiger partial charge in [0.15, 0.2) is 15.8 Å². The molecule has 186 valence electrons. The van der Waals surface area contributed by atoms with Crippen molar-refractivity contribution in [2.24, 2.45) is 0 Å². The van der Waals surface area contributed by atoms with Crippen LogP contribution in [-0.2, 0) is 11.4 Å². The number of benzene rings is 4. The average molecular weight is 567 g/mol. The maximum atomic E-state index is 13.5. The van der Waals surface area contributed by atoms with Crippen molar-refractivity contribution in [2.75, 3.05) is 11.5 Å². The summed E-state index contributed by atoms with van der Waals surface area (Å²) in [5.41, 5.74) is 2.43. The van der Waals surface area contributed by atoms with E-state index in [4.69, 9.17) is 44.9 Å². The molecule has 0 radical (unpaired) electrons. The highest BCUT2D eigenvalue weighted by molar-refractivity contribution is 8.27. The van der Waals surface area contributed by atoms with Gasteiger partial charge in [-0.15, -0.1) is 0 Å². The zero-order valence-electron chi connectivity index (χ0n) is 19.7. The molecule has 1 heterocycles. The highest BCUT2D eigenvalue weighted by Crippen LogP contribution is 2.41. The summed E-state index contributed by atoms with van der Waals surface area (Å²) in [6.45, 7) is 2.62. The molecule has 0 N–H and O–H groups in total. The van der Waals surface area contributed by atoms with Crippen LogP contribution in [0.3, 0.4) is 0 Å². The van der Waals surface area contributed by atoms with E-state index < -0.39 is 0 Å². The molecule has 5 rings (SSSR count). The standard InChI is InChI=1S/C29H21Cl2NO3S2/c1-2-34-25-15-19(14-23(31)27(25)35-17-18-10-12-21(30)13-11-18)16-26-28(33)32(29(36)37-26)24-9-5-7-20-6-3-4-8-22(20)24/h3-16H,2,17H2,1H3/b26-16-. The number of carbonyl (C=O) groups excluding carboxylic acids is 1. The molecular weight excluding hydrogens is 545 g/mol. The predicted molar refractivity (Wildman–Crippen MR) is 158 cm³/mol. The summed E-state index contributed by atoms with van der Waals surface area (Å²) in [5.74, 6) is 0.766. The molecule has 1 fully saturated rings. The van der Waals surface area contributed by atoms with E-state index >= 15 is 0 Å². The molecule has 0 unspecified atom stereocenters. The second kappa shape index (κ2) is 11.2. The van der Waals surface area contributed by atoms with Gasteiger partial charge in [0.05, 0.1) is 22.2 Å². The molecule has 0 atom stereocenters. The molecule has 0 aromatic heterocycles. The maximum Gasteiger partial charge on any atom is 0.270 e. The molecule has 8 heteroatoms. The molecule has 1 aliphatic rings. The van der Waals surface area contributed by atoms with Crippen LogP contribution in [0, 0.1) is 0 Å². The molecule has 1 amide bonds. The van der Waals surface area contributed by atoms with Gasteiger partial charge in [-0.3, -0.25) is 9.69 Å². The highest BCUT2D eigenvalue weighted by Gasteiger charge is 2.34. The van der Waals surface area contributed by atoms with Crippen LogP contribution in [0.5, 0.6) is 11.5 Å². The number of carbonyl (C=O) groups is 1. The maximum absolute atomic E-state index is 13.5. The van der Waals surface area contributed by atoms with Crippen LogP contribution >= 0.6 is 47.2 Å². The first-order valence-corrected chi connectivity index (χ1v) is 13.5. The van der Waals surface area contributed by atoms with E-state index in [-0.39, 0.29) is 5.91 Å². The Balaban J connectivity index is 1.43. The van der Waals surface area contributed by atoms with Crippen molar-refractivity contribution in [2.45, 2.75) is 13.5 Å². The molecule has 4 nitrogen and oxygen atoms in total. The van der Waals surface area contributed by atoms with E-state index in [0.717, 1.165) is 22.0 Å². The smallest absolute Gasteiger partial charge is 0.270 e. The van der Waals surface area contributed by atoms with Crippen LogP contribution in [0.15, 0.2) is 83.8 Å². The number of thioether (sulfide) groups is 1. The molecule has 4 aromatic rings. The second-order valence-corrected chi connectivity index (χ2v) is 10.7. The lowest BCUT2D eigenvalue weighted by molar-refractivity contribution is -0.113. The van der Waals surface area contributed by atoms with Gasteiger partial charge in [0.25, 0.3) is 5.91 Å². The van der Waals surface area contributed by atoms with E-state index in [1.807, 2.05) is 79.7 Å². The van der Waals surface area contributed by atoms with E-state index in [0.29, 0.717) is 49.5 Å². The van der Waals surface area contributed by atoms with Crippen molar-refractivity contribution in [3.63, 3.8) is 0 Å². The Morgan fingerprint density at radius 3 is 2.51 bits per heavy atom. The normalized spacial score (nSPS) is 14.6. The van der Waals surface area contributed by atoms with Gasteiger partial charge in [0.2, 0.25) is 0 Å². The fourth-order valence-electron chi connectivity index (χ4n) is 4.04. The van der Waals surface area contributed by atoms with Crippen molar-refractivity contribution in [3.8, 4) is 11.5 Å². The molecule has 0 saturated carbocycles. The first kappa shape index (κ1) is 25.6. The highest BCUT2D eigenvalue weighted by atomic mass is 35.5. The Kier molecular flexibility index (Phi) is 7.72. The Morgan fingerprint density at radius 1 is 0.973 bits per heavy atom. The van der Waals surface area contributed by atoms with Gasteiger partial charge < -0.3 is 9.47 Å². The third-order valence-corrected chi connectivity index (χ3v) is 7.56. The minimum atomic E-state index is -0.177. The number of fused-ring (bicyclic) bond motifs is 1. The van der Waals surface area contributed by atoms with Crippen LogP contribution in [0.4, 0.5) is 5.69 Å². The average Bonchev–Trinajstić information content (AvgIpc) is 3.16. The largest absolute Gasteiger partial charge is 0.490 e. The van der Waals surface area contributed by atoms with Crippen LogP contribution < -0.4 is 14.4 Å². The Morgan fingerprint density at radius 2 is 1.73 bits per heavy atom. The first-order valence-electron chi connectivity index (χ1n) is 11.5. The third kappa shape index (κ3) is 5.48. The number of thiocarbonyl (C=S) groups is 1. The van der Waals surface area contributed by atoms with Crippen molar-refractivity contribution >= 4 is 79.9 Å². The van der Waals surface area contributed by atoms with Crippen molar-refractivity contribution in [3.05, 3.63) is 105 Å². The third-order valence-electron chi connectivity index (χ3n) is 5.73. The minimum Gasteiger partial charge on any atom is -0.490 e. The van der Waals surface area contributed by atoms with Crippen molar-refractivity contribution < 1.29 is 14.3 Å². The van der Waals surface area contributed by atoms with E-state index in [9.17, 15) is 4.79 Å². The van der Waals surface area contributed by atoms with Gasteiger partial charge in [-0.2, -0.15) is 0 Å². The van der Waals surface area contributed by atoms with Crippen molar-refractivity contribution in [1.29, 1.82) is 0 Å². The molecule has 1 saturated heterocycles. The topological polar surface area (TPSA) is 38.8 Å². The summed E-state index contributed by atoms with van der Waals surface area (Å²) >= 11 is 19.5. The molecule has 4 aromatic carbocycles. The summed E-state index contributed by atoms with van der Waals surface area (Å²) in [7, 11) is 0. The van der Waals surface area contributed by atoms with Gasteiger partial charge in [0, 0.05) is 10.4 Å². The van der Waals surface area contributed by atoms with Crippen molar-refractivity contribution in [1.82, 2.24) is 0 Å². The molecule has 0 bridgehead atoms. The quantitative estimate of drug-likeness (QED) is 0.166. The molecule has 0 spiro atoms. The van der Waals surface area contributed by atoms with Gasteiger partial charge in [-0.25, -0.2) is 0 Å². The van der Waals surface area contributed by atoms with Gasteiger partial charge in [0.1, 0.15) is 6.61 Å². The Hall–Kier alpha value is -3.03. The van der Waals surface area contributed by atoms with Gasteiger partial charge in [-0.05, 0) is 59.8 Å². The van der Waals surface area contributed by atoms with E-state index in [2.05, 4.69) is 0 Å². The lowest BCUT2D eigenvalue weighted by Crippen LogP contribution is -2.27. The zero-order chi connectivity index (χ0) is 25.9. The van der Waals surface area contributed by atoms with Crippen LogP contribution in [0.1, 0.15) is 18.1 Å². The van der Waals surface area contributed by atoms with E-state index in [1.54, 1.807) is 17.0 Å². The van der Waals surface area contributed by atoms with Gasteiger partial charge in [-0.1, -0.05) is 95.7 Å². The molecule has 0 aliphatic carbocycles. The second-order valence-electron chi connectivity index (χ2n) is 8.19.